The third-order valence-corrected chi connectivity index (χ3v) is 3.36. The molecule has 2 nitrogen and oxygen atoms in total. The van der Waals surface area contributed by atoms with Gasteiger partial charge in [-0.15, -0.1) is 0 Å². The number of nitrogens with zero attached hydrogens (tertiary/aromatic N) is 1. The van der Waals surface area contributed by atoms with E-state index in [0.29, 0.717) is 10.6 Å². The first-order valence-corrected chi connectivity index (χ1v) is 6.78. The maximum absolute atomic E-state index is 12.6. The second-order valence-electron chi connectivity index (χ2n) is 4.67. The Morgan fingerprint density at radius 1 is 1.20 bits per heavy atom. The first kappa shape index (κ1) is 14.5. The highest BCUT2D eigenvalue weighted by molar-refractivity contribution is 6.30. The SMILES string of the molecule is CN=CC(C(=O)c1ccc(Cl)cc1)c1cccc(C)c1. The number of halogens is 1. The topological polar surface area (TPSA) is 29.4 Å². The van der Waals surface area contributed by atoms with E-state index in [-0.39, 0.29) is 11.7 Å². The lowest BCUT2D eigenvalue weighted by Crippen LogP contribution is -2.14. The zero-order valence-corrected chi connectivity index (χ0v) is 12.3. The van der Waals surface area contributed by atoms with E-state index in [9.17, 15) is 4.79 Å². The molecule has 0 radical (unpaired) electrons. The van der Waals surface area contributed by atoms with Crippen LogP contribution in [0.1, 0.15) is 27.4 Å². The van der Waals surface area contributed by atoms with Crippen molar-refractivity contribution in [2.75, 3.05) is 7.05 Å². The molecule has 1 atom stereocenters. The van der Waals surface area contributed by atoms with E-state index >= 15 is 0 Å². The Balaban J connectivity index is 2.38. The number of hydrogen-bond acceptors (Lipinski definition) is 2. The molecule has 0 fully saturated rings. The van der Waals surface area contributed by atoms with Crippen LogP contribution in [0.5, 0.6) is 0 Å². The lowest BCUT2D eigenvalue weighted by atomic mass is 9.91. The van der Waals surface area contributed by atoms with Crippen molar-refractivity contribution >= 4 is 23.6 Å². The van der Waals surface area contributed by atoms with Crippen LogP contribution >= 0.6 is 11.6 Å². The van der Waals surface area contributed by atoms with Gasteiger partial charge in [-0.1, -0.05) is 41.4 Å². The number of rotatable bonds is 4. The Morgan fingerprint density at radius 3 is 2.50 bits per heavy atom. The van der Waals surface area contributed by atoms with Crippen LogP contribution < -0.4 is 0 Å². The van der Waals surface area contributed by atoms with Crippen molar-refractivity contribution in [2.24, 2.45) is 4.99 Å². The van der Waals surface area contributed by atoms with Crippen molar-refractivity contribution in [1.82, 2.24) is 0 Å². The normalized spacial score (nSPS) is 12.6. The van der Waals surface area contributed by atoms with Crippen LogP contribution in [0.15, 0.2) is 53.5 Å². The number of benzene rings is 2. The molecular formula is C17H16ClNO. The van der Waals surface area contributed by atoms with Crippen molar-refractivity contribution < 1.29 is 4.79 Å². The summed E-state index contributed by atoms with van der Waals surface area (Å²) in [5.41, 5.74) is 2.72. The first-order valence-electron chi connectivity index (χ1n) is 6.40. The highest BCUT2D eigenvalue weighted by atomic mass is 35.5. The molecule has 3 heteroatoms. The molecule has 0 aliphatic rings. The number of ketones is 1. The summed E-state index contributed by atoms with van der Waals surface area (Å²) in [7, 11) is 1.68. The summed E-state index contributed by atoms with van der Waals surface area (Å²) in [6.07, 6.45) is 1.69. The van der Waals surface area contributed by atoms with Crippen LogP contribution in [0, 0.1) is 6.92 Å². The fourth-order valence-corrected chi connectivity index (χ4v) is 2.24. The summed E-state index contributed by atoms with van der Waals surface area (Å²) in [4.78, 5) is 16.7. The van der Waals surface area contributed by atoms with Crippen molar-refractivity contribution in [1.29, 1.82) is 0 Å². The summed E-state index contributed by atoms with van der Waals surface area (Å²) in [6.45, 7) is 2.01. The molecule has 2 aromatic carbocycles. The monoisotopic (exact) mass is 285 g/mol. The van der Waals surface area contributed by atoms with Gasteiger partial charge >= 0.3 is 0 Å². The molecule has 0 aromatic heterocycles. The van der Waals surface area contributed by atoms with Gasteiger partial charge in [-0.3, -0.25) is 9.79 Å². The largest absolute Gasteiger partial charge is 0.300 e. The van der Waals surface area contributed by atoms with Crippen LogP contribution in [0.25, 0.3) is 0 Å². The average Bonchev–Trinajstić information content (AvgIpc) is 2.45. The van der Waals surface area contributed by atoms with Crippen molar-refractivity contribution in [3.63, 3.8) is 0 Å². The molecular weight excluding hydrogens is 270 g/mol. The van der Waals surface area contributed by atoms with Crippen LogP contribution in [0.2, 0.25) is 5.02 Å². The summed E-state index contributed by atoms with van der Waals surface area (Å²) in [6, 6.07) is 14.9. The number of hydrogen-bond donors (Lipinski definition) is 0. The van der Waals surface area contributed by atoms with E-state index in [0.717, 1.165) is 11.1 Å². The Kier molecular flexibility index (Phi) is 4.70. The van der Waals surface area contributed by atoms with E-state index in [1.165, 1.54) is 0 Å². The molecule has 2 aromatic rings. The molecule has 2 rings (SSSR count). The predicted molar refractivity (Wildman–Crippen MR) is 84.1 cm³/mol. The molecule has 0 N–H and O–H groups in total. The third kappa shape index (κ3) is 3.34. The van der Waals surface area contributed by atoms with E-state index in [4.69, 9.17) is 11.6 Å². The van der Waals surface area contributed by atoms with E-state index in [1.54, 1.807) is 37.5 Å². The smallest absolute Gasteiger partial charge is 0.175 e. The lowest BCUT2D eigenvalue weighted by Gasteiger charge is -2.12. The Bertz CT molecular complexity index is 632. The molecule has 0 heterocycles. The number of Topliss-reactive ketones (excluding diaryl/α,β-unsaturated/α-hetero) is 1. The molecule has 20 heavy (non-hydrogen) atoms. The van der Waals surface area contributed by atoms with Gasteiger partial charge in [-0.2, -0.15) is 0 Å². The zero-order valence-electron chi connectivity index (χ0n) is 11.5. The number of carbonyl (C=O) groups is 1. The molecule has 0 amide bonds. The van der Waals surface area contributed by atoms with Crippen molar-refractivity contribution in [3.05, 3.63) is 70.2 Å². The van der Waals surface area contributed by atoms with Crippen LogP contribution in [-0.2, 0) is 0 Å². The summed E-state index contributed by atoms with van der Waals surface area (Å²) in [5.74, 6) is -0.334. The van der Waals surface area contributed by atoms with Gasteiger partial charge in [0.25, 0.3) is 0 Å². The Labute approximate surface area is 124 Å². The van der Waals surface area contributed by atoms with Gasteiger partial charge in [0.15, 0.2) is 5.78 Å². The summed E-state index contributed by atoms with van der Waals surface area (Å²) < 4.78 is 0. The van der Waals surface area contributed by atoms with Crippen molar-refractivity contribution in [3.8, 4) is 0 Å². The zero-order chi connectivity index (χ0) is 14.5. The van der Waals surface area contributed by atoms with Crippen LogP contribution in [-0.4, -0.2) is 19.0 Å². The molecule has 0 spiro atoms. The van der Waals surface area contributed by atoms with Gasteiger partial charge in [0.05, 0.1) is 5.92 Å². The molecule has 0 aliphatic heterocycles. The Hall–Kier alpha value is -1.93. The molecule has 0 bridgehead atoms. The van der Waals surface area contributed by atoms with Gasteiger partial charge in [0.2, 0.25) is 0 Å². The van der Waals surface area contributed by atoms with Crippen LogP contribution in [0.3, 0.4) is 0 Å². The molecule has 0 aliphatic carbocycles. The maximum atomic E-state index is 12.6. The van der Waals surface area contributed by atoms with Gasteiger partial charge in [-0.25, -0.2) is 0 Å². The highest BCUT2D eigenvalue weighted by Crippen LogP contribution is 2.21. The molecule has 0 saturated carbocycles. The van der Waals surface area contributed by atoms with Gasteiger partial charge in [-0.05, 0) is 36.8 Å². The fourth-order valence-electron chi connectivity index (χ4n) is 2.11. The molecule has 1 unspecified atom stereocenters. The second kappa shape index (κ2) is 6.49. The summed E-state index contributed by atoms with van der Waals surface area (Å²) >= 11 is 5.86. The fraction of sp³-hybridized carbons (Fsp3) is 0.176. The van der Waals surface area contributed by atoms with E-state index in [2.05, 4.69) is 4.99 Å². The van der Waals surface area contributed by atoms with Crippen molar-refractivity contribution in [2.45, 2.75) is 12.8 Å². The minimum absolute atomic E-state index is 0.0258. The standard InChI is InChI=1S/C17H16ClNO/c1-12-4-3-5-14(10-12)16(11-19-2)17(20)13-6-8-15(18)9-7-13/h3-11,16H,1-2H3. The van der Waals surface area contributed by atoms with Gasteiger partial charge in [0, 0.05) is 23.8 Å². The number of aryl methyl sites for hydroxylation is 1. The molecule has 102 valence electrons. The number of carbonyl (C=O) groups excluding carboxylic acids is 1. The quantitative estimate of drug-likeness (QED) is 0.608. The second-order valence-corrected chi connectivity index (χ2v) is 5.11. The predicted octanol–water partition coefficient (Wildman–Crippen LogP) is 4.32. The molecule has 0 saturated heterocycles. The Morgan fingerprint density at radius 2 is 1.90 bits per heavy atom. The average molecular weight is 286 g/mol. The van der Waals surface area contributed by atoms with Gasteiger partial charge in [0.1, 0.15) is 0 Å². The minimum Gasteiger partial charge on any atom is -0.300 e. The maximum Gasteiger partial charge on any atom is 0.175 e. The highest BCUT2D eigenvalue weighted by Gasteiger charge is 2.20. The number of aliphatic imine (C=N–C) groups is 1. The van der Waals surface area contributed by atoms with E-state index < -0.39 is 0 Å². The lowest BCUT2D eigenvalue weighted by molar-refractivity contribution is 0.0984. The van der Waals surface area contributed by atoms with Crippen LogP contribution in [0.4, 0.5) is 0 Å². The first-order chi connectivity index (χ1) is 9.61. The van der Waals surface area contributed by atoms with Gasteiger partial charge < -0.3 is 0 Å². The summed E-state index contributed by atoms with van der Waals surface area (Å²) in [5, 5.41) is 0.623. The third-order valence-electron chi connectivity index (χ3n) is 3.11. The minimum atomic E-state index is -0.360. The van der Waals surface area contributed by atoms with E-state index in [1.807, 2.05) is 31.2 Å².